The highest BCUT2D eigenvalue weighted by molar-refractivity contribution is 7.89. The molecular weight excluding hydrogens is 324 g/mol. The predicted octanol–water partition coefficient (Wildman–Crippen LogP) is 2.27. The maximum Gasteiger partial charge on any atom is 0.241 e. The minimum atomic E-state index is -3.73. The second-order valence-corrected chi connectivity index (χ2v) is 7.96. The molecule has 0 radical (unpaired) electrons. The van der Waals surface area contributed by atoms with Crippen molar-refractivity contribution in [2.45, 2.75) is 37.6 Å². The Morgan fingerprint density at radius 1 is 1.27 bits per heavy atom. The largest absolute Gasteiger partial charge is 0.341 e. The zero-order valence-corrected chi connectivity index (χ0v) is 14.3. The highest BCUT2D eigenvalue weighted by atomic mass is 35.5. The SMILES string of the molecule is CC1CCN(C(=O)C(C)NS(=O)(=O)c2ccc(Cl)cc2)CC1. The van der Waals surface area contributed by atoms with Crippen LogP contribution in [0.3, 0.4) is 0 Å². The first kappa shape index (κ1) is 17.2. The summed E-state index contributed by atoms with van der Waals surface area (Å²) in [5.41, 5.74) is 0. The normalized spacial score (nSPS) is 18.2. The molecule has 0 aliphatic carbocycles. The number of rotatable bonds is 4. The second kappa shape index (κ2) is 6.98. The van der Waals surface area contributed by atoms with E-state index in [1.165, 1.54) is 24.3 Å². The highest BCUT2D eigenvalue weighted by Crippen LogP contribution is 2.18. The summed E-state index contributed by atoms with van der Waals surface area (Å²) in [6.45, 7) is 5.11. The predicted molar refractivity (Wildman–Crippen MR) is 86.2 cm³/mol. The number of carbonyl (C=O) groups is 1. The van der Waals surface area contributed by atoms with E-state index in [4.69, 9.17) is 11.6 Å². The van der Waals surface area contributed by atoms with Gasteiger partial charge in [0, 0.05) is 18.1 Å². The van der Waals surface area contributed by atoms with Gasteiger partial charge in [-0.3, -0.25) is 4.79 Å². The molecule has 1 aromatic rings. The van der Waals surface area contributed by atoms with Gasteiger partial charge in [-0.2, -0.15) is 4.72 Å². The number of hydrogen-bond donors (Lipinski definition) is 1. The average molecular weight is 345 g/mol. The third kappa shape index (κ3) is 4.21. The van der Waals surface area contributed by atoms with E-state index in [2.05, 4.69) is 11.6 Å². The van der Waals surface area contributed by atoms with Gasteiger partial charge in [0.05, 0.1) is 10.9 Å². The smallest absolute Gasteiger partial charge is 0.241 e. The Labute approximate surface area is 136 Å². The van der Waals surface area contributed by atoms with Crippen molar-refractivity contribution in [3.63, 3.8) is 0 Å². The molecule has 122 valence electrons. The first-order chi connectivity index (χ1) is 10.3. The topological polar surface area (TPSA) is 66.5 Å². The lowest BCUT2D eigenvalue weighted by atomic mass is 9.99. The summed E-state index contributed by atoms with van der Waals surface area (Å²) < 4.78 is 27.0. The van der Waals surface area contributed by atoms with Crippen molar-refractivity contribution in [1.82, 2.24) is 9.62 Å². The van der Waals surface area contributed by atoms with Crippen molar-refractivity contribution < 1.29 is 13.2 Å². The summed E-state index contributed by atoms with van der Waals surface area (Å²) >= 11 is 5.76. The fourth-order valence-corrected chi connectivity index (χ4v) is 3.79. The molecule has 7 heteroatoms. The number of carbonyl (C=O) groups excluding carboxylic acids is 1. The minimum absolute atomic E-state index is 0.101. The molecule has 1 N–H and O–H groups in total. The zero-order chi connectivity index (χ0) is 16.3. The molecule has 1 atom stereocenters. The molecule has 22 heavy (non-hydrogen) atoms. The quantitative estimate of drug-likeness (QED) is 0.911. The van der Waals surface area contributed by atoms with Gasteiger partial charge >= 0.3 is 0 Å². The maximum absolute atomic E-state index is 12.3. The molecule has 1 heterocycles. The molecule has 1 amide bonds. The molecule has 0 bridgehead atoms. The number of halogens is 1. The van der Waals surface area contributed by atoms with Crippen LogP contribution < -0.4 is 4.72 Å². The Hall–Kier alpha value is -1.11. The average Bonchev–Trinajstić information content (AvgIpc) is 2.47. The van der Waals surface area contributed by atoms with Gasteiger partial charge in [0.25, 0.3) is 0 Å². The molecule has 1 aliphatic rings. The number of likely N-dealkylation sites (tertiary alicyclic amines) is 1. The summed E-state index contributed by atoms with van der Waals surface area (Å²) in [4.78, 5) is 14.2. The van der Waals surface area contributed by atoms with Crippen molar-refractivity contribution in [3.8, 4) is 0 Å². The van der Waals surface area contributed by atoms with Gasteiger partial charge in [-0.05, 0) is 49.9 Å². The lowest BCUT2D eigenvalue weighted by molar-refractivity contribution is -0.133. The maximum atomic E-state index is 12.3. The van der Waals surface area contributed by atoms with E-state index in [-0.39, 0.29) is 10.8 Å². The van der Waals surface area contributed by atoms with Gasteiger partial charge in [0.1, 0.15) is 0 Å². The van der Waals surface area contributed by atoms with Gasteiger partial charge in [0.15, 0.2) is 0 Å². The van der Waals surface area contributed by atoms with E-state index < -0.39 is 16.1 Å². The number of nitrogens with one attached hydrogen (secondary N) is 1. The van der Waals surface area contributed by atoms with E-state index in [1.54, 1.807) is 11.8 Å². The Morgan fingerprint density at radius 2 is 1.82 bits per heavy atom. The number of hydrogen-bond acceptors (Lipinski definition) is 3. The fraction of sp³-hybridized carbons (Fsp3) is 0.533. The zero-order valence-electron chi connectivity index (χ0n) is 12.8. The van der Waals surface area contributed by atoms with Gasteiger partial charge in [-0.1, -0.05) is 18.5 Å². The Bertz CT molecular complexity index is 623. The molecule has 0 aromatic heterocycles. The molecule has 1 aliphatic heterocycles. The number of benzene rings is 1. The van der Waals surface area contributed by atoms with Crippen molar-refractivity contribution in [2.75, 3.05) is 13.1 Å². The molecule has 1 unspecified atom stereocenters. The summed E-state index contributed by atoms with van der Waals surface area (Å²) in [7, 11) is -3.73. The van der Waals surface area contributed by atoms with Crippen LogP contribution in [-0.4, -0.2) is 38.4 Å². The van der Waals surface area contributed by atoms with Crippen LogP contribution in [0.4, 0.5) is 0 Å². The van der Waals surface area contributed by atoms with Crippen LogP contribution in [0.15, 0.2) is 29.2 Å². The monoisotopic (exact) mass is 344 g/mol. The molecule has 5 nitrogen and oxygen atoms in total. The van der Waals surface area contributed by atoms with Crippen molar-refractivity contribution in [2.24, 2.45) is 5.92 Å². The van der Waals surface area contributed by atoms with Crippen LogP contribution in [0.25, 0.3) is 0 Å². The van der Waals surface area contributed by atoms with E-state index in [9.17, 15) is 13.2 Å². The van der Waals surface area contributed by atoms with Crippen LogP contribution in [0.1, 0.15) is 26.7 Å². The van der Waals surface area contributed by atoms with Crippen molar-refractivity contribution >= 4 is 27.5 Å². The number of piperidine rings is 1. The van der Waals surface area contributed by atoms with Gasteiger partial charge in [-0.25, -0.2) is 8.42 Å². The fourth-order valence-electron chi connectivity index (χ4n) is 2.47. The third-order valence-electron chi connectivity index (χ3n) is 3.92. The molecule has 1 fully saturated rings. The molecule has 2 rings (SSSR count). The molecule has 1 aromatic carbocycles. The lowest BCUT2D eigenvalue weighted by Gasteiger charge is -2.32. The molecule has 0 saturated carbocycles. The van der Waals surface area contributed by atoms with E-state index in [0.29, 0.717) is 24.0 Å². The molecular formula is C15H21ClN2O3S. The molecule has 1 saturated heterocycles. The minimum Gasteiger partial charge on any atom is -0.341 e. The first-order valence-corrected chi connectivity index (χ1v) is 9.22. The Balaban J connectivity index is 2.02. The standard InChI is InChI=1S/C15H21ClN2O3S/c1-11-7-9-18(10-8-11)15(19)12(2)17-22(20,21)14-5-3-13(16)4-6-14/h3-6,11-12,17H,7-10H2,1-2H3. The van der Waals surface area contributed by atoms with Crippen LogP contribution in [-0.2, 0) is 14.8 Å². The van der Waals surface area contributed by atoms with Crippen LogP contribution in [0, 0.1) is 5.92 Å². The Kier molecular flexibility index (Phi) is 5.47. The Morgan fingerprint density at radius 3 is 2.36 bits per heavy atom. The van der Waals surface area contributed by atoms with Crippen LogP contribution in [0.2, 0.25) is 5.02 Å². The van der Waals surface area contributed by atoms with Crippen molar-refractivity contribution in [3.05, 3.63) is 29.3 Å². The van der Waals surface area contributed by atoms with Gasteiger partial charge < -0.3 is 4.90 Å². The van der Waals surface area contributed by atoms with E-state index in [0.717, 1.165) is 12.8 Å². The summed E-state index contributed by atoms with van der Waals surface area (Å²) in [5, 5.41) is 0.463. The first-order valence-electron chi connectivity index (χ1n) is 7.36. The summed E-state index contributed by atoms with van der Waals surface area (Å²) in [6, 6.07) is 5.08. The number of sulfonamides is 1. The second-order valence-electron chi connectivity index (χ2n) is 5.80. The summed E-state index contributed by atoms with van der Waals surface area (Å²) in [6.07, 6.45) is 1.92. The van der Waals surface area contributed by atoms with Crippen molar-refractivity contribution in [1.29, 1.82) is 0 Å². The van der Waals surface area contributed by atoms with Gasteiger partial charge in [0.2, 0.25) is 15.9 Å². The lowest BCUT2D eigenvalue weighted by Crippen LogP contribution is -2.49. The molecule has 0 spiro atoms. The number of nitrogens with zero attached hydrogens (tertiary/aromatic N) is 1. The van der Waals surface area contributed by atoms with E-state index >= 15 is 0 Å². The summed E-state index contributed by atoms with van der Waals surface area (Å²) in [5.74, 6) is 0.439. The van der Waals surface area contributed by atoms with Crippen LogP contribution in [0.5, 0.6) is 0 Å². The third-order valence-corrected chi connectivity index (χ3v) is 5.73. The number of amides is 1. The highest BCUT2D eigenvalue weighted by Gasteiger charge is 2.27. The van der Waals surface area contributed by atoms with Gasteiger partial charge in [-0.15, -0.1) is 0 Å². The van der Waals surface area contributed by atoms with E-state index in [1.807, 2.05) is 0 Å². The van der Waals surface area contributed by atoms with Crippen LogP contribution >= 0.6 is 11.6 Å².